The molecule has 0 amide bonds. The molecular formula is C14H20O3. The fraction of sp³-hybridized carbons (Fsp3) is 0.571. The van der Waals surface area contributed by atoms with Crippen molar-refractivity contribution in [3.8, 4) is 5.75 Å². The zero-order valence-corrected chi connectivity index (χ0v) is 10.5. The van der Waals surface area contributed by atoms with Crippen molar-refractivity contribution in [3.63, 3.8) is 0 Å². The van der Waals surface area contributed by atoms with Crippen molar-refractivity contribution in [1.29, 1.82) is 0 Å². The summed E-state index contributed by atoms with van der Waals surface area (Å²) < 4.78 is 16.4. The second-order valence-electron chi connectivity index (χ2n) is 4.54. The molecule has 1 fully saturated rings. The van der Waals surface area contributed by atoms with Gasteiger partial charge in [-0.25, -0.2) is 0 Å². The molecular weight excluding hydrogens is 216 g/mol. The van der Waals surface area contributed by atoms with E-state index in [0.29, 0.717) is 25.7 Å². The Balaban J connectivity index is 1.79. The van der Waals surface area contributed by atoms with Gasteiger partial charge >= 0.3 is 0 Å². The molecule has 0 unspecified atom stereocenters. The summed E-state index contributed by atoms with van der Waals surface area (Å²) in [5.74, 6) is 1.45. The van der Waals surface area contributed by atoms with Crippen LogP contribution in [0.4, 0.5) is 0 Å². The molecule has 1 aliphatic heterocycles. The largest absolute Gasteiger partial charge is 0.493 e. The van der Waals surface area contributed by atoms with Crippen molar-refractivity contribution in [2.24, 2.45) is 0 Å². The number of hydrogen-bond donors (Lipinski definition) is 0. The van der Waals surface area contributed by atoms with Crippen molar-refractivity contribution >= 4 is 0 Å². The van der Waals surface area contributed by atoms with Gasteiger partial charge in [-0.15, -0.1) is 0 Å². The van der Waals surface area contributed by atoms with Crippen LogP contribution in [0, 0.1) is 0 Å². The third-order valence-electron chi connectivity index (χ3n) is 2.84. The molecule has 0 radical (unpaired) electrons. The van der Waals surface area contributed by atoms with Crippen LogP contribution < -0.4 is 4.74 Å². The van der Waals surface area contributed by atoms with E-state index in [0.717, 1.165) is 12.2 Å². The van der Waals surface area contributed by atoms with E-state index in [1.165, 1.54) is 5.56 Å². The van der Waals surface area contributed by atoms with Gasteiger partial charge in [0, 0.05) is 6.42 Å². The van der Waals surface area contributed by atoms with Crippen molar-refractivity contribution in [2.75, 3.05) is 19.8 Å². The molecule has 2 rings (SSSR count). The summed E-state index contributed by atoms with van der Waals surface area (Å²) in [7, 11) is 0. The predicted octanol–water partition coefficient (Wildman–Crippen LogP) is 2.95. The Morgan fingerprint density at radius 2 is 2.06 bits per heavy atom. The number of benzene rings is 1. The lowest BCUT2D eigenvalue weighted by atomic mass is 10.0. The summed E-state index contributed by atoms with van der Waals surface area (Å²) in [5.41, 5.74) is 1.30. The van der Waals surface area contributed by atoms with E-state index >= 15 is 0 Å². The Morgan fingerprint density at radius 1 is 1.29 bits per heavy atom. The second kappa shape index (κ2) is 6.03. The Bertz CT molecular complexity index is 343. The van der Waals surface area contributed by atoms with Gasteiger partial charge in [0.05, 0.1) is 19.8 Å². The van der Waals surface area contributed by atoms with E-state index in [2.05, 4.69) is 26.0 Å². The van der Waals surface area contributed by atoms with E-state index in [1.54, 1.807) is 0 Å². The van der Waals surface area contributed by atoms with Crippen molar-refractivity contribution in [1.82, 2.24) is 0 Å². The monoisotopic (exact) mass is 236 g/mol. The summed E-state index contributed by atoms with van der Waals surface area (Å²) in [6, 6.07) is 8.25. The molecule has 3 heteroatoms. The molecule has 94 valence electrons. The van der Waals surface area contributed by atoms with Crippen LogP contribution >= 0.6 is 0 Å². The van der Waals surface area contributed by atoms with E-state index < -0.39 is 0 Å². The molecule has 1 heterocycles. The van der Waals surface area contributed by atoms with Gasteiger partial charge in [-0.05, 0) is 23.6 Å². The summed E-state index contributed by atoms with van der Waals surface area (Å²) >= 11 is 0. The SMILES string of the molecule is CC(C)c1cccc(OCCC2OCCO2)c1. The Labute approximate surface area is 103 Å². The number of rotatable bonds is 5. The number of hydrogen-bond acceptors (Lipinski definition) is 3. The highest BCUT2D eigenvalue weighted by Gasteiger charge is 2.15. The van der Waals surface area contributed by atoms with Crippen LogP contribution in [0.25, 0.3) is 0 Å². The van der Waals surface area contributed by atoms with Gasteiger partial charge < -0.3 is 14.2 Å². The van der Waals surface area contributed by atoms with Crippen LogP contribution in [0.1, 0.15) is 31.7 Å². The van der Waals surface area contributed by atoms with Crippen LogP contribution in [-0.4, -0.2) is 26.1 Å². The molecule has 1 aliphatic rings. The van der Waals surface area contributed by atoms with Gasteiger partial charge in [0.1, 0.15) is 5.75 Å². The van der Waals surface area contributed by atoms with E-state index in [4.69, 9.17) is 14.2 Å². The van der Waals surface area contributed by atoms with Crippen molar-refractivity contribution < 1.29 is 14.2 Å². The fourth-order valence-corrected chi connectivity index (χ4v) is 1.81. The minimum atomic E-state index is -0.0803. The molecule has 0 aromatic heterocycles. The van der Waals surface area contributed by atoms with Crippen LogP contribution in [0.3, 0.4) is 0 Å². The summed E-state index contributed by atoms with van der Waals surface area (Å²) in [6.45, 7) is 6.39. The summed E-state index contributed by atoms with van der Waals surface area (Å²) in [4.78, 5) is 0. The Hall–Kier alpha value is -1.06. The van der Waals surface area contributed by atoms with E-state index in [1.807, 2.05) is 12.1 Å². The lowest BCUT2D eigenvalue weighted by Crippen LogP contribution is -2.12. The first kappa shape index (κ1) is 12.4. The molecule has 1 aromatic rings. The van der Waals surface area contributed by atoms with Crippen molar-refractivity contribution in [2.45, 2.75) is 32.5 Å². The maximum absolute atomic E-state index is 5.70. The quantitative estimate of drug-likeness (QED) is 0.786. The smallest absolute Gasteiger partial charge is 0.161 e. The summed E-state index contributed by atoms with van der Waals surface area (Å²) in [5, 5.41) is 0. The Morgan fingerprint density at radius 3 is 2.76 bits per heavy atom. The van der Waals surface area contributed by atoms with E-state index in [9.17, 15) is 0 Å². The average Bonchev–Trinajstić information content (AvgIpc) is 2.82. The van der Waals surface area contributed by atoms with Gasteiger partial charge in [-0.3, -0.25) is 0 Å². The van der Waals surface area contributed by atoms with Gasteiger partial charge in [0.2, 0.25) is 0 Å². The maximum Gasteiger partial charge on any atom is 0.161 e. The zero-order valence-electron chi connectivity index (χ0n) is 10.5. The molecule has 0 spiro atoms. The molecule has 1 saturated heterocycles. The minimum absolute atomic E-state index is 0.0803. The molecule has 3 nitrogen and oxygen atoms in total. The second-order valence-corrected chi connectivity index (χ2v) is 4.54. The molecule has 0 aliphatic carbocycles. The molecule has 0 bridgehead atoms. The standard InChI is InChI=1S/C14H20O3/c1-11(2)12-4-3-5-13(10-12)15-7-6-14-16-8-9-17-14/h3-5,10-11,14H,6-9H2,1-2H3. The van der Waals surface area contributed by atoms with Crippen molar-refractivity contribution in [3.05, 3.63) is 29.8 Å². The first-order valence-electron chi connectivity index (χ1n) is 6.21. The zero-order chi connectivity index (χ0) is 12.1. The van der Waals surface area contributed by atoms with Crippen LogP contribution in [0.15, 0.2) is 24.3 Å². The lowest BCUT2D eigenvalue weighted by Gasteiger charge is -2.12. The normalized spacial score (nSPS) is 16.6. The van der Waals surface area contributed by atoms with Gasteiger partial charge in [0.25, 0.3) is 0 Å². The van der Waals surface area contributed by atoms with Gasteiger partial charge in [-0.1, -0.05) is 26.0 Å². The molecule has 17 heavy (non-hydrogen) atoms. The van der Waals surface area contributed by atoms with Crippen LogP contribution in [-0.2, 0) is 9.47 Å². The molecule has 0 atom stereocenters. The molecule has 0 saturated carbocycles. The minimum Gasteiger partial charge on any atom is -0.493 e. The predicted molar refractivity (Wildman–Crippen MR) is 66.3 cm³/mol. The van der Waals surface area contributed by atoms with Gasteiger partial charge in [0.15, 0.2) is 6.29 Å². The highest BCUT2D eigenvalue weighted by atomic mass is 16.7. The maximum atomic E-state index is 5.70. The van der Waals surface area contributed by atoms with Crippen LogP contribution in [0.2, 0.25) is 0 Å². The summed E-state index contributed by atoms with van der Waals surface area (Å²) in [6.07, 6.45) is 0.703. The fourth-order valence-electron chi connectivity index (χ4n) is 1.81. The highest BCUT2D eigenvalue weighted by Crippen LogP contribution is 2.20. The first-order valence-corrected chi connectivity index (χ1v) is 6.21. The number of ether oxygens (including phenoxy) is 3. The molecule has 1 aromatic carbocycles. The topological polar surface area (TPSA) is 27.7 Å². The Kier molecular flexibility index (Phi) is 4.40. The highest BCUT2D eigenvalue weighted by molar-refractivity contribution is 5.30. The third kappa shape index (κ3) is 3.72. The third-order valence-corrected chi connectivity index (χ3v) is 2.84. The van der Waals surface area contributed by atoms with Gasteiger partial charge in [-0.2, -0.15) is 0 Å². The lowest BCUT2D eigenvalue weighted by molar-refractivity contribution is -0.0531. The first-order chi connectivity index (χ1) is 8.25. The van der Waals surface area contributed by atoms with Crippen LogP contribution in [0.5, 0.6) is 5.75 Å². The molecule has 0 N–H and O–H groups in total. The van der Waals surface area contributed by atoms with E-state index in [-0.39, 0.29) is 6.29 Å². The average molecular weight is 236 g/mol.